The minimum atomic E-state index is -0.842. The van der Waals surface area contributed by atoms with Gasteiger partial charge in [-0.2, -0.15) is 0 Å². The van der Waals surface area contributed by atoms with Crippen LogP contribution in [0, 0.1) is 5.92 Å². The zero-order chi connectivity index (χ0) is 17.5. The Bertz CT molecular complexity index is 572. The predicted molar refractivity (Wildman–Crippen MR) is 92.1 cm³/mol. The minimum absolute atomic E-state index is 0.0334. The SMILES string of the molecule is NCC(CC(=O)O)c1cccc(C2CCCCC(C(=O)O)CC2)c1. The molecule has 1 aliphatic rings. The Labute approximate surface area is 142 Å². The van der Waals surface area contributed by atoms with Gasteiger partial charge in [0, 0.05) is 5.92 Å². The summed E-state index contributed by atoms with van der Waals surface area (Å²) in [6.45, 7) is 0.307. The van der Waals surface area contributed by atoms with Gasteiger partial charge in [-0.15, -0.1) is 0 Å². The second-order valence-electron chi connectivity index (χ2n) is 6.79. The molecule has 0 aromatic heterocycles. The van der Waals surface area contributed by atoms with E-state index in [4.69, 9.17) is 10.8 Å². The monoisotopic (exact) mass is 333 g/mol. The molecule has 0 bridgehead atoms. The van der Waals surface area contributed by atoms with Gasteiger partial charge in [0.25, 0.3) is 0 Å². The summed E-state index contributed by atoms with van der Waals surface area (Å²) in [4.78, 5) is 22.3. The van der Waals surface area contributed by atoms with Crippen LogP contribution in [0.15, 0.2) is 24.3 Å². The van der Waals surface area contributed by atoms with E-state index < -0.39 is 11.9 Å². The van der Waals surface area contributed by atoms with Gasteiger partial charge in [0.05, 0.1) is 12.3 Å². The number of carboxylic acids is 2. The Kier molecular flexibility index (Phi) is 6.79. The number of aliphatic carboxylic acids is 2. The van der Waals surface area contributed by atoms with Crippen molar-refractivity contribution >= 4 is 11.9 Å². The molecule has 132 valence electrons. The summed E-state index contributed by atoms with van der Waals surface area (Å²) < 4.78 is 0. The van der Waals surface area contributed by atoms with Crippen LogP contribution >= 0.6 is 0 Å². The van der Waals surface area contributed by atoms with Crippen molar-refractivity contribution in [2.75, 3.05) is 6.54 Å². The fourth-order valence-electron chi connectivity index (χ4n) is 3.67. The Balaban J connectivity index is 2.13. The molecule has 0 radical (unpaired) electrons. The van der Waals surface area contributed by atoms with Gasteiger partial charge in [-0.3, -0.25) is 9.59 Å². The molecule has 2 rings (SSSR count). The number of rotatable bonds is 6. The van der Waals surface area contributed by atoms with Gasteiger partial charge in [0.2, 0.25) is 0 Å². The van der Waals surface area contributed by atoms with E-state index in [0.29, 0.717) is 18.9 Å². The van der Waals surface area contributed by atoms with Crippen LogP contribution in [0.5, 0.6) is 0 Å². The Morgan fingerprint density at radius 3 is 2.54 bits per heavy atom. The molecule has 0 aliphatic heterocycles. The first-order chi connectivity index (χ1) is 11.5. The maximum Gasteiger partial charge on any atom is 0.306 e. The molecule has 24 heavy (non-hydrogen) atoms. The van der Waals surface area contributed by atoms with E-state index in [0.717, 1.165) is 37.7 Å². The third kappa shape index (κ3) is 5.06. The van der Waals surface area contributed by atoms with Gasteiger partial charge < -0.3 is 15.9 Å². The lowest BCUT2D eigenvalue weighted by atomic mass is 9.81. The summed E-state index contributed by atoms with van der Waals surface area (Å²) in [6.07, 6.45) is 5.43. The van der Waals surface area contributed by atoms with E-state index >= 15 is 0 Å². The van der Waals surface area contributed by atoms with Crippen molar-refractivity contribution in [1.82, 2.24) is 0 Å². The third-order valence-corrected chi connectivity index (χ3v) is 5.13. The van der Waals surface area contributed by atoms with Gasteiger partial charge in [-0.05, 0) is 49.3 Å². The smallest absolute Gasteiger partial charge is 0.306 e. The van der Waals surface area contributed by atoms with Crippen LogP contribution in [-0.2, 0) is 9.59 Å². The van der Waals surface area contributed by atoms with Crippen molar-refractivity contribution < 1.29 is 19.8 Å². The molecule has 5 heteroatoms. The van der Waals surface area contributed by atoms with Gasteiger partial charge in [0.15, 0.2) is 0 Å². The molecule has 1 aromatic carbocycles. The normalized spacial score (nSPS) is 23.0. The highest BCUT2D eigenvalue weighted by atomic mass is 16.4. The van der Waals surface area contributed by atoms with Crippen LogP contribution in [0.3, 0.4) is 0 Å². The van der Waals surface area contributed by atoms with Crippen molar-refractivity contribution in [1.29, 1.82) is 0 Å². The highest BCUT2D eigenvalue weighted by Crippen LogP contribution is 2.34. The van der Waals surface area contributed by atoms with Crippen LogP contribution < -0.4 is 5.73 Å². The quantitative estimate of drug-likeness (QED) is 0.741. The molecular weight excluding hydrogens is 306 g/mol. The van der Waals surface area contributed by atoms with Crippen LogP contribution in [0.2, 0.25) is 0 Å². The summed E-state index contributed by atoms with van der Waals surface area (Å²) in [6, 6.07) is 8.04. The number of hydrogen-bond acceptors (Lipinski definition) is 3. The molecule has 0 saturated heterocycles. The van der Waals surface area contributed by atoms with E-state index in [1.165, 1.54) is 5.56 Å². The molecule has 1 fully saturated rings. The summed E-state index contributed by atoms with van der Waals surface area (Å²) >= 11 is 0. The Morgan fingerprint density at radius 2 is 1.88 bits per heavy atom. The van der Waals surface area contributed by atoms with Crippen molar-refractivity contribution in [3.63, 3.8) is 0 Å². The number of hydrogen-bond donors (Lipinski definition) is 3. The van der Waals surface area contributed by atoms with Gasteiger partial charge in [0.1, 0.15) is 0 Å². The molecule has 1 saturated carbocycles. The van der Waals surface area contributed by atoms with Crippen LogP contribution in [-0.4, -0.2) is 28.7 Å². The maximum absolute atomic E-state index is 11.3. The van der Waals surface area contributed by atoms with E-state index in [1.54, 1.807) is 0 Å². The minimum Gasteiger partial charge on any atom is -0.481 e. The fraction of sp³-hybridized carbons (Fsp3) is 0.579. The zero-order valence-electron chi connectivity index (χ0n) is 14.0. The lowest BCUT2D eigenvalue weighted by Gasteiger charge is -2.24. The lowest BCUT2D eigenvalue weighted by molar-refractivity contribution is -0.142. The summed E-state index contributed by atoms with van der Waals surface area (Å²) in [5.41, 5.74) is 7.90. The van der Waals surface area contributed by atoms with E-state index in [9.17, 15) is 14.7 Å². The van der Waals surface area contributed by atoms with Crippen LogP contribution in [0.4, 0.5) is 0 Å². The van der Waals surface area contributed by atoms with Gasteiger partial charge in [-0.1, -0.05) is 37.1 Å². The topological polar surface area (TPSA) is 101 Å². The summed E-state index contributed by atoms with van der Waals surface area (Å²) in [5, 5.41) is 18.3. The molecular formula is C19H27NO4. The third-order valence-electron chi connectivity index (χ3n) is 5.13. The van der Waals surface area contributed by atoms with E-state index in [2.05, 4.69) is 12.1 Å². The summed E-state index contributed by atoms with van der Waals surface area (Å²) in [5.74, 6) is -1.60. The van der Waals surface area contributed by atoms with Crippen molar-refractivity contribution in [2.24, 2.45) is 11.7 Å². The van der Waals surface area contributed by atoms with Crippen molar-refractivity contribution in [3.8, 4) is 0 Å². The average Bonchev–Trinajstić information content (AvgIpc) is 2.52. The van der Waals surface area contributed by atoms with E-state index in [-0.39, 0.29) is 18.3 Å². The molecule has 3 unspecified atom stereocenters. The van der Waals surface area contributed by atoms with Crippen LogP contribution in [0.25, 0.3) is 0 Å². The molecule has 1 aromatic rings. The highest BCUT2D eigenvalue weighted by Gasteiger charge is 2.23. The standard InChI is InChI=1S/C19H27NO4/c20-12-17(11-18(21)22)16-7-3-6-15(10-16)13-4-1-2-5-14(9-8-13)19(23)24/h3,6-7,10,13-14,17H,1-2,4-5,8-9,11-12,20H2,(H,21,22)(H,23,24). The summed E-state index contributed by atoms with van der Waals surface area (Å²) in [7, 11) is 0. The van der Waals surface area contributed by atoms with E-state index in [1.807, 2.05) is 12.1 Å². The molecule has 0 heterocycles. The molecule has 5 nitrogen and oxygen atoms in total. The first-order valence-electron chi connectivity index (χ1n) is 8.75. The number of nitrogens with two attached hydrogens (primary N) is 1. The first-order valence-corrected chi connectivity index (χ1v) is 8.75. The number of carboxylic acid groups (broad SMARTS) is 2. The fourth-order valence-corrected chi connectivity index (χ4v) is 3.67. The molecule has 0 amide bonds. The lowest BCUT2D eigenvalue weighted by Crippen LogP contribution is -2.18. The van der Waals surface area contributed by atoms with Crippen molar-refractivity contribution in [3.05, 3.63) is 35.4 Å². The first kappa shape index (κ1) is 18.5. The maximum atomic E-state index is 11.3. The largest absolute Gasteiger partial charge is 0.481 e. The molecule has 4 N–H and O–H groups in total. The second kappa shape index (κ2) is 8.83. The zero-order valence-corrected chi connectivity index (χ0v) is 14.0. The van der Waals surface area contributed by atoms with Crippen LogP contribution in [0.1, 0.15) is 67.9 Å². The predicted octanol–water partition coefficient (Wildman–Crippen LogP) is 3.34. The molecule has 3 atom stereocenters. The average molecular weight is 333 g/mol. The Hall–Kier alpha value is -1.88. The number of carbonyl (C=O) groups is 2. The van der Waals surface area contributed by atoms with Crippen molar-refractivity contribution in [2.45, 2.75) is 56.8 Å². The highest BCUT2D eigenvalue weighted by molar-refractivity contribution is 5.70. The van der Waals surface area contributed by atoms with Gasteiger partial charge >= 0.3 is 11.9 Å². The molecule has 1 aliphatic carbocycles. The second-order valence-corrected chi connectivity index (χ2v) is 6.79. The molecule has 0 spiro atoms. The van der Waals surface area contributed by atoms with Gasteiger partial charge in [-0.25, -0.2) is 0 Å². The Morgan fingerprint density at radius 1 is 1.12 bits per heavy atom. The number of benzene rings is 1.